The number of carbonyl (C=O) groups excluding carboxylic acids is 1. The number of amides is 1. The van der Waals surface area contributed by atoms with Gasteiger partial charge in [0.15, 0.2) is 0 Å². The molecule has 0 radical (unpaired) electrons. The lowest BCUT2D eigenvalue weighted by Crippen LogP contribution is -2.53. The molecule has 4 nitrogen and oxygen atoms in total. The van der Waals surface area contributed by atoms with E-state index in [1.807, 2.05) is 6.07 Å². The SMILES string of the molecule is COCC1(C(=O)NCC2(c3cccc(F)c3)CCCCC2)CCNCC1. The zero-order chi connectivity index (χ0) is 18.5. The maximum Gasteiger partial charge on any atom is 0.228 e. The lowest BCUT2D eigenvalue weighted by molar-refractivity contribution is -0.136. The fourth-order valence-electron chi connectivity index (χ4n) is 4.67. The zero-order valence-corrected chi connectivity index (χ0v) is 15.8. The highest BCUT2D eigenvalue weighted by molar-refractivity contribution is 5.83. The number of benzene rings is 1. The molecule has 1 heterocycles. The van der Waals surface area contributed by atoms with Gasteiger partial charge in [-0.15, -0.1) is 0 Å². The van der Waals surface area contributed by atoms with Gasteiger partial charge in [0.2, 0.25) is 5.91 Å². The van der Waals surface area contributed by atoms with Gasteiger partial charge in [-0.1, -0.05) is 31.4 Å². The molecule has 1 aliphatic carbocycles. The lowest BCUT2D eigenvalue weighted by atomic mass is 9.69. The second-order valence-electron chi connectivity index (χ2n) is 8.00. The molecule has 0 unspecified atom stereocenters. The number of carbonyl (C=O) groups is 1. The van der Waals surface area contributed by atoms with Crippen molar-refractivity contribution in [2.45, 2.75) is 50.4 Å². The summed E-state index contributed by atoms with van der Waals surface area (Å²) in [4.78, 5) is 13.1. The summed E-state index contributed by atoms with van der Waals surface area (Å²) in [5, 5.41) is 6.56. The fourth-order valence-corrected chi connectivity index (χ4v) is 4.67. The zero-order valence-electron chi connectivity index (χ0n) is 15.8. The number of ether oxygens (including phenoxy) is 1. The van der Waals surface area contributed by atoms with Crippen molar-refractivity contribution in [2.75, 3.05) is 33.4 Å². The van der Waals surface area contributed by atoms with Gasteiger partial charge in [0.1, 0.15) is 5.82 Å². The van der Waals surface area contributed by atoms with Crippen molar-refractivity contribution in [2.24, 2.45) is 5.41 Å². The molecule has 1 aromatic carbocycles. The fraction of sp³-hybridized carbons (Fsp3) is 0.667. The van der Waals surface area contributed by atoms with Gasteiger partial charge in [-0.25, -0.2) is 4.39 Å². The van der Waals surface area contributed by atoms with E-state index in [4.69, 9.17) is 4.74 Å². The predicted octanol–water partition coefficient (Wildman–Crippen LogP) is 3.16. The minimum Gasteiger partial charge on any atom is -0.384 e. The Morgan fingerprint density at radius 1 is 1.19 bits per heavy atom. The van der Waals surface area contributed by atoms with Crippen molar-refractivity contribution in [1.29, 1.82) is 0 Å². The summed E-state index contributed by atoms with van der Waals surface area (Å²) in [7, 11) is 1.66. The van der Waals surface area contributed by atoms with Crippen molar-refractivity contribution in [1.82, 2.24) is 10.6 Å². The average molecular weight is 362 g/mol. The highest BCUT2D eigenvalue weighted by Gasteiger charge is 2.41. The van der Waals surface area contributed by atoms with Crippen molar-refractivity contribution >= 4 is 5.91 Å². The standard InChI is InChI=1S/C21H31FN2O2/c1-26-16-21(10-12-23-13-11-21)19(25)24-15-20(8-3-2-4-9-20)17-6-5-7-18(22)14-17/h5-7,14,23H,2-4,8-13,15-16H2,1H3,(H,24,25). The van der Waals surface area contributed by atoms with E-state index in [1.165, 1.54) is 12.5 Å². The number of hydrogen-bond donors (Lipinski definition) is 2. The predicted molar refractivity (Wildman–Crippen MR) is 101 cm³/mol. The van der Waals surface area contributed by atoms with Crippen molar-refractivity contribution in [3.8, 4) is 0 Å². The molecule has 0 atom stereocenters. The highest BCUT2D eigenvalue weighted by Crippen LogP contribution is 2.39. The number of methoxy groups -OCH3 is 1. The van der Waals surface area contributed by atoms with E-state index in [-0.39, 0.29) is 17.1 Å². The van der Waals surface area contributed by atoms with Crippen LogP contribution in [0, 0.1) is 11.2 Å². The number of rotatable bonds is 6. The first-order valence-electron chi connectivity index (χ1n) is 9.84. The maximum absolute atomic E-state index is 13.8. The Balaban J connectivity index is 1.76. The second-order valence-corrected chi connectivity index (χ2v) is 8.00. The molecule has 5 heteroatoms. The highest BCUT2D eigenvalue weighted by atomic mass is 19.1. The van der Waals surface area contributed by atoms with E-state index < -0.39 is 5.41 Å². The van der Waals surface area contributed by atoms with E-state index in [0.29, 0.717) is 13.2 Å². The third-order valence-corrected chi connectivity index (χ3v) is 6.30. The summed E-state index contributed by atoms with van der Waals surface area (Å²) < 4.78 is 19.2. The molecule has 1 aromatic rings. The molecule has 1 saturated heterocycles. The van der Waals surface area contributed by atoms with Gasteiger partial charge >= 0.3 is 0 Å². The van der Waals surface area contributed by atoms with Gasteiger partial charge in [-0.2, -0.15) is 0 Å². The van der Waals surface area contributed by atoms with Gasteiger partial charge < -0.3 is 15.4 Å². The summed E-state index contributed by atoms with van der Waals surface area (Å²) in [6.45, 7) is 2.71. The minimum atomic E-state index is -0.447. The van der Waals surface area contributed by atoms with Crippen LogP contribution in [0.5, 0.6) is 0 Å². The molecule has 1 aliphatic heterocycles. The van der Waals surface area contributed by atoms with Crippen LogP contribution in [0.1, 0.15) is 50.5 Å². The number of halogens is 1. The topological polar surface area (TPSA) is 50.4 Å². The summed E-state index contributed by atoms with van der Waals surface area (Å²) in [5.74, 6) is -0.116. The molecule has 144 valence electrons. The van der Waals surface area contributed by atoms with E-state index in [2.05, 4.69) is 10.6 Å². The largest absolute Gasteiger partial charge is 0.384 e. The Kier molecular flexibility index (Phi) is 6.30. The Labute approximate surface area is 155 Å². The number of piperidine rings is 1. The second kappa shape index (κ2) is 8.49. The van der Waals surface area contributed by atoms with Crippen LogP contribution in [0.25, 0.3) is 0 Å². The molecular weight excluding hydrogens is 331 g/mol. The molecule has 1 saturated carbocycles. The average Bonchev–Trinajstić information content (AvgIpc) is 2.68. The van der Waals surface area contributed by atoms with Crippen molar-refractivity contribution in [3.05, 3.63) is 35.6 Å². The Bertz CT molecular complexity index is 602. The van der Waals surface area contributed by atoms with Crippen LogP contribution in [0.4, 0.5) is 4.39 Å². The van der Waals surface area contributed by atoms with Gasteiger partial charge in [0.25, 0.3) is 0 Å². The molecular formula is C21H31FN2O2. The van der Waals surface area contributed by atoms with E-state index in [0.717, 1.165) is 57.2 Å². The molecule has 0 bridgehead atoms. The molecule has 2 fully saturated rings. The van der Waals surface area contributed by atoms with Gasteiger partial charge in [0.05, 0.1) is 12.0 Å². The third-order valence-electron chi connectivity index (χ3n) is 6.30. The van der Waals surface area contributed by atoms with Gasteiger partial charge in [-0.05, 0) is 56.5 Å². The monoisotopic (exact) mass is 362 g/mol. The lowest BCUT2D eigenvalue weighted by Gasteiger charge is -2.40. The first kappa shape index (κ1) is 19.3. The normalized spacial score (nSPS) is 21.9. The van der Waals surface area contributed by atoms with E-state index in [9.17, 15) is 9.18 Å². The van der Waals surface area contributed by atoms with E-state index >= 15 is 0 Å². The first-order valence-corrected chi connectivity index (χ1v) is 9.84. The van der Waals surface area contributed by atoms with Crippen LogP contribution in [0.15, 0.2) is 24.3 Å². The number of hydrogen-bond acceptors (Lipinski definition) is 3. The summed E-state index contributed by atoms with van der Waals surface area (Å²) in [5.41, 5.74) is 0.415. The van der Waals surface area contributed by atoms with Gasteiger partial charge in [0, 0.05) is 19.1 Å². The van der Waals surface area contributed by atoms with E-state index in [1.54, 1.807) is 19.2 Å². The quantitative estimate of drug-likeness (QED) is 0.817. The van der Waals surface area contributed by atoms with Crippen molar-refractivity contribution < 1.29 is 13.9 Å². The smallest absolute Gasteiger partial charge is 0.228 e. The summed E-state index contributed by atoms with van der Waals surface area (Å²) in [6.07, 6.45) is 7.04. The van der Waals surface area contributed by atoms with Crippen LogP contribution >= 0.6 is 0 Å². The van der Waals surface area contributed by atoms with Crippen LogP contribution in [-0.2, 0) is 14.9 Å². The Morgan fingerprint density at radius 3 is 2.58 bits per heavy atom. The van der Waals surface area contributed by atoms with Crippen LogP contribution in [0.2, 0.25) is 0 Å². The summed E-state index contributed by atoms with van der Waals surface area (Å²) in [6, 6.07) is 6.92. The molecule has 2 aliphatic rings. The minimum absolute atomic E-state index is 0.0854. The van der Waals surface area contributed by atoms with Gasteiger partial charge in [-0.3, -0.25) is 4.79 Å². The molecule has 1 amide bonds. The maximum atomic E-state index is 13.8. The summed E-state index contributed by atoms with van der Waals surface area (Å²) >= 11 is 0. The van der Waals surface area contributed by atoms with Crippen molar-refractivity contribution in [3.63, 3.8) is 0 Å². The third kappa shape index (κ3) is 4.09. The molecule has 0 aromatic heterocycles. The number of nitrogens with one attached hydrogen (secondary N) is 2. The van der Waals surface area contributed by atoms with Crippen LogP contribution in [-0.4, -0.2) is 39.3 Å². The molecule has 26 heavy (non-hydrogen) atoms. The molecule has 3 rings (SSSR count). The van der Waals surface area contributed by atoms with Crippen LogP contribution in [0.3, 0.4) is 0 Å². The Morgan fingerprint density at radius 2 is 1.92 bits per heavy atom. The van der Waals surface area contributed by atoms with Crippen LogP contribution < -0.4 is 10.6 Å². The first-order chi connectivity index (χ1) is 12.6. The molecule has 0 spiro atoms. The Hall–Kier alpha value is -1.46. The molecule has 2 N–H and O–H groups in total.